The lowest BCUT2D eigenvalue weighted by Crippen LogP contribution is -1.90. The van der Waals surface area contributed by atoms with Crippen LogP contribution in [0, 0.1) is 0 Å². The lowest BCUT2D eigenvalue weighted by atomic mass is 10.5. The van der Waals surface area contributed by atoms with Crippen LogP contribution in [0.1, 0.15) is 0 Å². The standard InChI is InChI=1S/C5H6N2.C4H5N3/c6-5-3-1-2-4-7-5;5-4-6-2-1-3-7-4/h1-4H,(H2,6,7);1-3H,(H2,5,6,7). The molecule has 0 saturated heterocycles. The molecule has 14 heavy (non-hydrogen) atoms. The van der Waals surface area contributed by atoms with Crippen molar-refractivity contribution in [1.29, 1.82) is 0 Å². The minimum atomic E-state index is 0.322. The molecule has 0 aliphatic rings. The van der Waals surface area contributed by atoms with Gasteiger partial charge in [0, 0.05) is 18.6 Å². The first kappa shape index (κ1) is 9.91. The van der Waals surface area contributed by atoms with E-state index in [0.717, 1.165) is 0 Å². The van der Waals surface area contributed by atoms with E-state index in [4.69, 9.17) is 11.5 Å². The van der Waals surface area contributed by atoms with E-state index in [9.17, 15) is 0 Å². The highest BCUT2D eigenvalue weighted by molar-refractivity contribution is 5.25. The SMILES string of the molecule is Nc1ccccn1.Nc1ncccn1. The zero-order chi connectivity index (χ0) is 10.2. The van der Waals surface area contributed by atoms with E-state index in [1.165, 1.54) is 0 Å². The molecule has 0 atom stereocenters. The van der Waals surface area contributed by atoms with Gasteiger partial charge in [0.1, 0.15) is 5.82 Å². The zero-order valence-electron chi connectivity index (χ0n) is 7.54. The van der Waals surface area contributed by atoms with Gasteiger partial charge in [-0.1, -0.05) is 6.07 Å². The Labute approximate surface area is 81.8 Å². The van der Waals surface area contributed by atoms with Crippen molar-refractivity contribution in [3.05, 3.63) is 42.9 Å². The number of nitrogens with zero attached hydrogens (tertiary/aromatic N) is 3. The molecule has 0 aliphatic heterocycles. The van der Waals surface area contributed by atoms with E-state index >= 15 is 0 Å². The molecule has 0 saturated carbocycles. The Morgan fingerprint density at radius 2 is 1.43 bits per heavy atom. The third-order valence-electron chi connectivity index (χ3n) is 1.27. The number of nitrogen functional groups attached to an aromatic ring is 2. The summed E-state index contributed by atoms with van der Waals surface area (Å²) < 4.78 is 0. The van der Waals surface area contributed by atoms with Crippen LogP contribution in [0.4, 0.5) is 11.8 Å². The summed E-state index contributed by atoms with van der Waals surface area (Å²) in [5, 5.41) is 0. The molecule has 0 aromatic carbocycles. The Bertz CT molecular complexity index is 311. The predicted octanol–water partition coefficient (Wildman–Crippen LogP) is 0.723. The second kappa shape index (κ2) is 5.47. The number of hydrogen-bond donors (Lipinski definition) is 2. The molecule has 5 nitrogen and oxygen atoms in total. The van der Waals surface area contributed by atoms with Crippen LogP contribution in [0.5, 0.6) is 0 Å². The van der Waals surface area contributed by atoms with Gasteiger partial charge < -0.3 is 11.5 Å². The summed E-state index contributed by atoms with van der Waals surface area (Å²) in [7, 11) is 0. The average molecular weight is 189 g/mol. The van der Waals surface area contributed by atoms with Crippen molar-refractivity contribution in [2.24, 2.45) is 0 Å². The summed E-state index contributed by atoms with van der Waals surface area (Å²) in [4.78, 5) is 11.0. The van der Waals surface area contributed by atoms with Crippen LogP contribution in [-0.4, -0.2) is 15.0 Å². The van der Waals surface area contributed by atoms with E-state index in [0.29, 0.717) is 11.8 Å². The molecule has 0 amide bonds. The van der Waals surface area contributed by atoms with Gasteiger partial charge in [-0.15, -0.1) is 0 Å². The third-order valence-corrected chi connectivity index (χ3v) is 1.27. The van der Waals surface area contributed by atoms with E-state index in [2.05, 4.69) is 15.0 Å². The van der Waals surface area contributed by atoms with Crippen molar-refractivity contribution in [3.63, 3.8) is 0 Å². The minimum absolute atomic E-state index is 0.322. The van der Waals surface area contributed by atoms with E-state index in [1.807, 2.05) is 12.1 Å². The van der Waals surface area contributed by atoms with E-state index < -0.39 is 0 Å². The molecule has 2 rings (SSSR count). The first-order valence-electron chi connectivity index (χ1n) is 3.98. The highest BCUT2D eigenvalue weighted by Gasteiger charge is 1.75. The van der Waals surface area contributed by atoms with Crippen LogP contribution in [0.2, 0.25) is 0 Å². The van der Waals surface area contributed by atoms with Crippen molar-refractivity contribution in [2.45, 2.75) is 0 Å². The van der Waals surface area contributed by atoms with Crippen LogP contribution >= 0.6 is 0 Å². The molecular formula is C9H11N5. The normalized spacial score (nSPS) is 8.57. The average Bonchev–Trinajstić information content (AvgIpc) is 2.21. The molecule has 0 bridgehead atoms. The Morgan fingerprint density at radius 1 is 0.786 bits per heavy atom. The Kier molecular flexibility index (Phi) is 3.87. The predicted molar refractivity (Wildman–Crippen MR) is 55.1 cm³/mol. The lowest BCUT2D eigenvalue weighted by Gasteiger charge is -1.82. The summed E-state index contributed by atoms with van der Waals surface area (Å²) in [5.41, 5.74) is 10.4. The second-order valence-electron chi connectivity index (χ2n) is 2.36. The van der Waals surface area contributed by atoms with Gasteiger partial charge in [0.05, 0.1) is 0 Å². The fraction of sp³-hybridized carbons (Fsp3) is 0. The lowest BCUT2D eigenvalue weighted by molar-refractivity contribution is 1.19. The maximum absolute atomic E-state index is 5.25. The largest absolute Gasteiger partial charge is 0.384 e. The molecule has 0 fully saturated rings. The summed E-state index contributed by atoms with van der Waals surface area (Å²) in [6, 6.07) is 7.15. The third kappa shape index (κ3) is 4.01. The molecule has 2 aromatic heterocycles. The van der Waals surface area contributed by atoms with Crippen molar-refractivity contribution in [1.82, 2.24) is 15.0 Å². The maximum Gasteiger partial charge on any atom is 0.219 e. The maximum atomic E-state index is 5.25. The number of anilines is 2. The first-order valence-corrected chi connectivity index (χ1v) is 3.98. The van der Waals surface area contributed by atoms with Crippen LogP contribution in [0.15, 0.2) is 42.9 Å². The molecule has 0 radical (unpaired) electrons. The number of rotatable bonds is 0. The molecular weight excluding hydrogens is 178 g/mol. The fourth-order valence-corrected chi connectivity index (χ4v) is 0.687. The number of aromatic nitrogens is 3. The summed E-state index contributed by atoms with van der Waals surface area (Å²) in [5.74, 6) is 0.894. The summed E-state index contributed by atoms with van der Waals surface area (Å²) in [6.07, 6.45) is 4.86. The Morgan fingerprint density at radius 3 is 1.71 bits per heavy atom. The highest BCUT2D eigenvalue weighted by Crippen LogP contribution is 1.89. The zero-order valence-corrected chi connectivity index (χ0v) is 7.54. The van der Waals surface area contributed by atoms with Crippen LogP contribution in [0.25, 0.3) is 0 Å². The van der Waals surface area contributed by atoms with Gasteiger partial charge in [0.2, 0.25) is 5.95 Å². The molecule has 4 N–H and O–H groups in total. The molecule has 0 unspecified atom stereocenters. The number of pyridine rings is 1. The van der Waals surface area contributed by atoms with Gasteiger partial charge in [0.15, 0.2) is 0 Å². The molecule has 0 aliphatic carbocycles. The van der Waals surface area contributed by atoms with E-state index in [1.54, 1.807) is 30.7 Å². The van der Waals surface area contributed by atoms with Gasteiger partial charge in [-0.05, 0) is 18.2 Å². The van der Waals surface area contributed by atoms with Crippen LogP contribution in [-0.2, 0) is 0 Å². The molecule has 2 heterocycles. The van der Waals surface area contributed by atoms with Crippen LogP contribution in [0.3, 0.4) is 0 Å². The fourth-order valence-electron chi connectivity index (χ4n) is 0.687. The van der Waals surface area contributed by atoms with Crippen molar-refractivity contribution >= 4 is 11.8 Å². The van der Waals surface area contributed by atoms with Gasteiger partial charge in [-0.2, -0.15) is 0 Å². The summed E-state index contributed by atoms with van der Waals surface area (Å²) >= 11 is 0. The van der Waals surface area contributed by atoms with Crippen molar-refractivity contribution < 1.29 is 0 Å². The van der Waals surface area contributed by atoms with Crippen molar-refractivity contribution in [2.75, 3.05) is 11.5 Å². The van der Waals surface area contributed by atoms with Gasteiger partial charge in [0.25, 0.3) is 0 Å². The highest BCUT2D eigenvalue weighted by atomic mass is 15.0. The van der Waals surface area contributed by atoms with Gasteiger partial charge in [-0.3, -0.25) is 0 Å². The molecule has 2 aromatic rings. The first-order chi connectivity index (χ1) is 6.79. The Balaban J connectivity index is 0.000000140. The van der Waals surface area contributed by atoms with Crippen molar-refractivity contribution in [3.8, 4) is 0 Å². The quantitative estimate of drug-likeness (QED) is 0.637. The summed E-state index contributed by atoms with van der Waals surface area (Å²) in [6.45, 7) is 0. The second-order valence-corrected chi connectivity index (χ2v) is 2.36. The van der Waals surface area contributed by atoms with Gasteiger partial charge in [-0.25, -0.2) is 15.0 Å². The van der Waals surface area contributed by atoms with E-state index in [-0.39, 0.29) is 0 Å². The molecule has 72 valence electrons. The Hall–Kier alpha value is -2.17. The van der Waals surface area contributed by atoms with Gasteiger partial charge >= 0.3 is 0 Å². The molecule has 5 heteroatoms. The number of nitrogens with two attached hydrogens (primary N) is 2. The smallest absolute Gasteiger partial charge is 0.219 e. The monoisotopic (exact) mass is 189 g/mol. The molecule has 0 spiro atoms. The minimum Gasteiger partial charge on any atom is -0.384 e. The topological polar surface area (TPSA) is 90.7 Å². The number of hydrogen-bond acceptors (Lipinski definition) is 5. The van der Waals surface area contributed by atoms with Crippen LogP contribution < -0.4 is 11.5 Å².